The van der Waals surface area contributed by atoms with E-state index in [1.807, 2.05) is 50.2 Å². The van der Waals surface area contributed by atoms with Gasteiger partial charge in [0.2, 0.25) is 5.95 Å². The van der Waals surface area contributed by atoms with Gasteiger partial charge in [-0.1, -0.05) is 29.8 Å². The van der Waals surface area contributed by atoms with Crippen molar-refractivity contribution in [3.8, 4) is 5.75 Å². The third-order valence-corrected chi connectivity index (χ3v) is 4.30. The maximum absolute atomic E-state index is 12.3. The van der Waals surface area contributed by atoms with E-state index in [9.17, 15) is 4.79 Å². The number of hydrogen-bond donors (Lipinski definition) is 2. The SMILES string of the molecule is CCOc1ccc(Cc2nnc(Nc3cccc(Cl)c3C)[nH]c2=O)cc1. The molecule has 3 rings (SSSR count). The number of rotatable bonds is 6. The van der Waals surface area contributed by atoms with Gasteiger partial charge in [-0.05, 0) is 49.2 Å². The standard InChI is InChI=1S/C19H19ClN4O2/c1-3-26-14-9-7-13(8-10-14)11-17-18(25)22-19(24-23-17)21-16-6-4-5-15(20)12(16)2/h4-10H,3,11H2,1-2H3,(H2,21,22,24,25). The first kappa shape index (κ1) is 17.9. The van der Waals surface area contributed by atoms with Gasteiger partial charge in [-0.3, -0.25) is 9.78 Å². The molecule has 0 aliphatic rings. The van der Waals surface area contributed by atoms with Crippen LogP contribution in [0.4, 0.5) is 11.6 Å². The summed E-state index contributed by atoms with van der Waals surface area (Å²) < 4.78 is 5.41. The third kappa shape index (κ3) is 4.21. The van der Waals surface area contributed by atoms with Crippen molar-refractivity contribution < 1.29 is 4.74 Å². The monoisotopic (exact) mass is 370 g/mol. The number of ether oxygens (including phenoxy) is 1. The van der Waals surface area contributed by atoms with Crippen LogP contribution in [0.25, 0.3) is 0 Å². The summed E-state index contributed by atoms with van der Waals surface area (Å²) in [5.74, 6) is 1.07. The van der Waals surface area contributed by atoms with Gasteiger partial charge >= 0.3 is 0 Å². The number of halogens is 1. The lowest BCUT2D eigenvalue weighted by atomic mass is 10.1. The Labute approximate surface area is 156 Å². The fourth-order valence-electron chi connectivity index (χ4n) is 2.47. The Hall–Kier alpha value is -2.86. The van der Waals surface area contributed by atoms with Gasteiger partial charge in [0, 0.05) is 17.1 Å². The second-order valence-electron chi connectivity index (χ2n) is 5.74. The molecule has 0 fully saturated rings. The quantitative estimate of drug-likeness (QED) is 0.688. The second-order valence-corrected chi connectivity index (χ2v) is 6.15. The van der Waals surface area contributed by atoms with Crippen LogP contribution in [0.5, 0.6) is 5.75 Å². The molecule has 0 atom stereocenters. The molecular formula is C19H19ClN4O2. The third-order valence-electron chi connectivity index (χ3n) is 3.89. The predicted octanol–water partition coefficient (Wildman–Crippen LogP) is 3.86. The first-order chi connectivity index (χ1) is 12.6. The first-order valence-electron chi connectivity index (χ1n) is 8.26. The minimum absolute atomic E-state index is 0.274. The van der Waals surface area contributed by atoms with Gasteiger partial charge in [-0.25, -0.2) is 0 Å². The van der Waals surface area contributed by atoms with Crippen molar-refractivity contribution >= 4 is 23.2 Å². The van der Waals surface area contributed by atoms with Crippen LogP contribution in [0.2, 0.25) is 5.02 Å². The summed E-state index contributed by atoms with van der Waals surface area (Å²) >= 11 is 6.10. The van der Waals surface area contributed by atoms with Crippen LogP contribution in [0.1, 0.15) is 23.7 Å². The fourth-order valence-corrected chi connectivity index (χ4v) is 2.64. The molecule has 1 aromatic heterocycles. The largest absolute Gasteiger partial charge is 0.494 e. The van der Waals surface area contributed by atoms with Crippen LogP contribution >= 0.6 is 11.6 Å². The second kappa shape index (κ2) is 8.01. The van der Waals surface area contributed by atoms with Crippen LogP contribution < -0.4 is 15.6 Å². The Morgan fingerprint density at radius 3 is 2.62 bits per heavy atom. The maximum Gasteiger partial charge on any atom is 0.274 e. The van der Waals surface area contributed by atoms with Gasteiger partial charge < -0.3 is 10.1 Å². The molecule has 0 bridgehead atoms. The average Bonchev–Trinajstić information content (AvgIpc) is 2.63. The van der Waals surface area contributed by atoms with Gasteiger partial charge in [0.25, 0.3) is 5.56 Å². The summed E-state index contributed by atoms with van der Waals surface area (Å²) in [6.07, 6.45) is 0.394. The molecule has 1 heterocycles. The molecule has 2 aromatic carbocycles. The number of anilines is 2. The summed E-state index contributed by atoms with van der Waals surface area (Å²) in [5, 5.41) is 11.8. The van der Waals surface area contributed by atoms with Crippen molar-refractivity contribution in [3.63, 3.8) is 0 Å². The van der Waals surface area contributed by atoms with E-state index in [0.29, 0.717) is 23.7 Å². The molecule has 0 amide bonds. The Morgan fingerprint density at radius 1 is 1.15 bits per heavy atom. The normalized spacial score (nSPS) is 10.6. The first-order valence-corrected chi connectivity index (χ1v) is 8.64. The van der Waals surface area contributed by atoms with Gasteiger partial charge in [0.05, 0.1) is 6.61 Å². The number of H-pyrrole nitrogens is 1. The molecule has 0 aliphatic carbocycles. The highest BCUT2D eigenvalue weighted by Gasteiger charge is 2.08. The number of hydrogen-bond acceptors (Lipinski definition) is 5. The molecule has 0 saturated carbocycles. The van der Waals surface area contributed by atoms with Crippen LogP contribution in [0, 0.1) is 6.92 Å². The molecule has 6 nitrogen and oxygen atoms in total. The Bertz CT molecular complexity index is 954. The van der Waals surface area contributed by atoms with Crippen molar-refractivity contribution in [3.05, 3.63) is 74.7 Å². The number of nitrogens with one attached hydrogen (secondary N) is 2. The Kier molecular flexibility index (Phi) is 5.53. The topological polar surface area (TPSA) is 79.9 Å². The molecule has 0 radical (unpaired) electrons. The van der Waals surface area contributed by atoms with Gasteiger partial charge in [0.15, 0.2) is 0 Å². The van der Waals surface area contributed by atoms with Crippen molar-refractivity contribution in [1.82, 2.24) is 15.2 Å². The molecule has 0 aliphatic heterocycles. The van der Waals surface area contributed by atoms with Crippen LogP contribution in [0.15, 0.2) is 47.3 Å². The van der Waals surface area contributed by atoms with E-state index in [1.54, 1.807) is 6.07 Å². The van der Waals surface area contributed by atoms with Gasteiger partial charge in [-0.15, -0.1) is 10.2 Å². The van der Waals surface area contributed by atoms with E-state index in [1.165, 1.54) is 0 Å². The smallest absolute Gasteiger partial charge is 0.274 e. The fraction of sp³-hybridized carbons (Fsp3) is 0.211. The highest BCUT2D eigenvalue weighted by atomic mass is 35.5. The van der Waals surface area contributed by atoms with E-state index in [2.05, 4.69) is 20.5 Å². The summed E-state index contributed by atoms with van der Waals surface area (Å²) in [6, 6.07) is 13.0. The van der Waals surface area contributed by atoms with E-state index >= 15 is 0 Å². The Morgan fingerprint density at radius 2 is 1.92 bits per heavy atom. The van der Waals surface area contributed by atoms with Crippen molar-refractivity contribution in [2.24, 2.45) is 0 Å². The van der Waals surface area contributed by atoms with Crippen molar-refractivity contribution in [2.75, 3.05) is 11.9 Å². The average molecular weight is 371 g/mol. The summed E-state index contributed by atoms with van der Waals surface area (Å²) in [7, 11) is 0. The zero-order chi connectivity index (χ0) is 18.5. The lowest BCUT2D eigenvalue weighted by Gasteiger charge is -2.09. The van der Waals surface area contributed by atoms with E-state index in [0.717, 1.165) is 22.6 Å². The summed E-state index contributed by atoms with van der Waals surface area (Å²) in [5.41, 5.74) is 2.66. The molecule has 0 spiro atoms. The molecule has 2 N–H and O–H groups in total. The summed E-state index contributed by atoms with van der Waals surface area (Å²) in [6.45, 7) is 4.44. The molecule has 3 aromatic rings. The molecule has 134 valence electrons. The molecule has 7 heteroatoms. The number of aromatic nitrogens is 3. The van der Waals surface area contributed by atoms with E-state index in [-0.39, 0.29) is 11.5 Å². The van der Waals surface area contributed by atoms with Crippen LogP contribution in [0.3, 0.4) is 0 Å². The van der Waals surface area contributed by atoms with E-state index in [4.69, 9.17) is 16.3 Å². The lowest BCUT2D eigenvalue weighted by Crippen LogP contribution is -2.19. The van der Waals surface area contributed by atoms with Crippen LogP contribution in [-0.4, -0.2) is 21.8 Å². The van der Waals surface area contributed by atoms with E-state index < -0.39 is 0 Å². The highest BCUT2D eigenvalue weighted by Crippen LogP contribution is 2.24. The number of benzene rings is 2. The maximum atomic E-state index is 12.3. The number of nitrogens with zero attached hydrogens (tertiary/aromatic N) is 2. The number of aromatic amines is 1. The zero-order valence-corrected chi connectivity index (χ0v) is 15.3. The van der Waals surface area contributed by atoms with Crippen LogP contribution in [-0.2, 0) is 6.42 Å². The molecular weight excluding hydrogens is 352 g/mol. The lowest BCUT2D eigenvalue weighted by molar-refractivity contribution is 0.340. The minimum atomic E-state index is -0.281. The molecule has 0 unspecified atom stereocenters. The van der Waals surface area contributed by atoms with Gasteiger partial charge in [0.1, 0.15) is 11.4 Å². The highest BCUT2D eigenvalue weighted by molar-refractivity contribution is 6.31. The zero-order valence-electron chi connectivity index (χ0n) is 14.5. The Balaban J connectivity index is 1.75. The predicted molar refractivity (Wildman–Crippen MR) is 103 cm³/mol. The summed E-state index contributed by atoms with van der Waals surface area (Å²) in [4.78, 5) is 15.0. The van der Waals surface area contributed by atoms with Crippen molar-refractivity contribution in [2.45, 2.75) is 20.3 Å². The van der Waals surface area contributed by atoms with Gasteiger partial charge in [-0.2, -0.15) is 0 Å². The minimum Gasteiger partial charge on any atom is -0.494 e. The molecule has 26 heavy (non-hydrogen) atoms. The molecule has 0 saturated heterocycles. The van der Waals surface area contributed by atoms with Crippen molar-refractivity contribution in [1.29, 1.82) is 0 Å².